The van der Waals surface area contributed by atoms with E-state index in [4.69, 9.17) is 34.2 Å². The highest BCUT2D eigenvalue weighted by Gasteiger charge is 2.16. The van der Waals surface area contributed by atoms with E-state index in [0.717, 1.165) is 11.8 Å². The van der Waals surface area contributed by atoms with Crippen LogP contribution in [0.5, 0.6) is 0 Å². The van der Waals surface area contributed by atoms with E-state index < -0.39 is 5.97 Å². The number of carboxylic acid groups (broad SMARTS) is 1. The Morgan fingerprint density at radius 1 is 1.18 bits per heavy atom. The number of carboxylic acids is 1. The number of thioether (sulfide) groups is 1. The van der Waals surface area contributed by atoms with Gasteiger partial charge in [0.25, 0.3) is 0 Å². The van der Waals surface area contributed by atoms with E-state index in [1.54, 1.807) is 30.3 Å². The molecule has 8 nitrogen and oxygen atoms in total. The molecule has 1 heterocycles. The van der Waals surface area contributed by atoms with Crippen molar-refractivity contribution in [1.82, 2.24) is 14.9 Å². The minimum Gasteiger partial charge on any atom is -0.478 e. The molecule has 0 radical (unpaired) electrons. The van der Waals surface area contributed by atoms with E-state index in [2.05, 4.69) is 15.5 Å². The SMILES string of the molecule is Nn1c(SCC(=O)Nc2cccc(C(=O)O)c2)nnc1-c1ccc(Cl)cc1Cl. The van der Waals surface area contributed by atoms with Crippen LogP contribution >= 0.6 is 35.0 Å². The van der Waals surface area contributed by atoms with Crippen LogP contribution in [0.3, 0.4) is 0 Å². The average molecular weight is 438 g/mol. The number of nitrogens with one attached hydrogen (secondary N) is 1. The quantitative estimate of drug-likeness (QED) is 0.398. The van der Waals surface area contributed by atoms with Crippen molar-refractivity contribution in [3.05, 3.63) is 58.1 Å². The number of nitrogen functional groups attached to an aromatic ring is 1. The Labute approximate surface area is 173 Å². The van der Waals surface area contributed by atoms with Gasteiger partial charge < -0.3 is 16.3 Å². The molecule has 0 aliphatic carbocycles. The molecule has 2 aromatic carbocycles. The fourth-order valence-corrected chi connectivity index (χ4v) is 3.44. The largest absolute Gasteiger partial charge is 0.478 e. The highest BCUT2D eigenvalue weighted by molar-refractivity contribution is 7.99. The van der Waals surface area contributed by atoms with E-state index in [0.29, 0.717) is 32.3 Å². The van der Waals surface area contributed by atoms with E-state index in [-0.39, 0.29) is 17.2 Å². The molecule has 28 heavy (non-hydrogen) atoms. The lowest BCUT2D eigenvalue weighted by atomic mass is 10.2. The molecule has 0 saturated carbocycles. The zero-order chi connectivity index (χ0) is 20.3. The van der Waals surface area contributed by atoms with Crippen LogP contribution in [0.15, 0.2) is 47.6 Å². The zero-order valence-electron chi connectivity index (χ0n) is 14.1. The molecular weight excluding hydrogens is 425 g/mol. The Morgan fingerprint density at radius 2 is 1.96 bits per heavy atom. The standard InChI is InChI=1S/C17H13Cl2N5O3S/c18-10-4-5-12(13(19)7-10)15-22-23-17(24(15)20)28-8-14(25)21-11-3-1-2-9(6-11)16(26)27/h1-7H,8,20H2,(H,21,25)(H,26,27). The molecule has 3 aromatic rings. The van der Waals surface area contributed by atoms with Crippen molar-refractivity contribution >= 4 is 52.5 Å². The molecule has 1 amide bonds. The predicted octanol–water partition coefficient (Wildman–Crippen LogP) is 3.39. The Balaban J connectivity index is 1.67. The summed E-state index contributed by atoms with van der Waals surface area (Å²) in [5.74, 6) is 4.93. The van der Waals surface area contributed by atoms with Crippen molar-refractivity contribution in [2.45, 2.75) is 5.16 Å². The normalized spacial score (nSPS) is 10.6. The van der Waals surface area contributed by atoms with Crippen LogP contribution in [0.4, 0.5) is 5.69 Å². The maximum absolute atomic E-state index is 12.1. The van der Waals surface area contributed by atoms with Gasteiger partial charge in [-0.3, -0.25) is 4.79 Å². The molecule has 4 N–H and O–H groups in total. The molecule has 0 unspecified atom stereocenters. The lowest BCUT2D eigenvalue weighted by Crippen LogP contribution is -2.16. The van der Waals surface area contributed by atoms with Gasteiger partial charge in [-0.15, -0.1) is 10.2 Å². The van der Waals surface area contributed by atoms with E-state index >= 15 is 0 Å². The van der Waals surface area contributed by atoms with Crippen LogP contribution in [-0.2, 0) is 4.79 Å². The number of aromatic carboxylic acids is 1. The van der Waals surface area contributed by atoms with Gasteiger partial charge in [-0.25, -0.2) is 9.47 Å². The molecule has 0 spiro atoms. The van der Waals surface area contributed by atoms with Crippen LogP contribution in [0, 0.1) is 0 Å². The number of hydrogen-bond donors (Lipinski definition) is 3. The number of amides is 1. The van der Waals surface area contributed by atoms with E-state index in [1.807, 2.05) is 0 Å². The number of rotatable bonds is 6. The second-order valence-corrected chi connectivity index (χ2v) is 7.31. The minimum absolute atomic E-state index is 0.000975. The van der Waals surface area contributed by atoms with Crippen LogP contribution in [0.1, 0.15) is 10.4 Å². The van der Waals surface area contributed by atoms with Gasteiger partial charge in [0.1, 0.15) is 0 Å². The molecule has 144 valence electrons. The fraction of sp³-hybridized carbons (Fsp3) is 0.0588. The first kappa shape index (κ1) is 20.0. The Hall–Kier alpha value is -2.75. The Kier molecular flexibility index (Phi) is 6.08. The third-order valence-electron chi connectivity index (χ3n) is 3.56. The maximum atomic E-state index is 12.1. The number of nitrogens with zero attached hydrogens (tertiary/aromatic N) is 3. The topological polar surface area (TPSA) is 123 Å². The lowest BCUT2D eigenvalue weighted by molar-refractivity contribution is -0.113. The summed E-state index contributed by atoms with van der Waals surface area (Å²) in [6, 6.07) is 10.9. The number of anilines is 1. The van der Waals surface area contributed by atoms with Gasteiger partial charge in [0.2, 0.25) is 11.1 Å². The third-order valence-corrected chi connectivity index (χ3v) is 5.05. The van der Waals surface area contributed by atoms with Gasteiger partial charge in [-0.05, 0) is 36.4 Å². The molecule has 0 fully saturated rings. The van der Waals surface area contributed by atoms with Crippen molar-refractivity contribution in [3.63, 3.8) is 0 Å². The molecule has 0 atom stereocenters. The number of aromatic nitrogens is 3. The monoisotopic (exact) mass is 437 g/mol. The number of nitrogens with two attached hydrogens (primary N) is 1. The smallest absolute Gasteiger partial charge is 0.335 e. The van der Waals surface area contributed by atoms with Crippen LogP contribution in [0.25, 0.3) is 11.4 Å². The van der Waals surface area contributed by atoms with Crippen LogP contribution < -0.4 is 11.2 Å². The lowest BCUT2D eigenvalue weighted by Gasteiger charge is -2.07. The van der Waals surface area contributed by atoms with Crippen molar-refractivity contribution in [2.24, 2.45) is 0 Å². The van der Waals surface area contributed by atoms with Gasteiger partial charge in [-0.2, -0.15) is 0 Å². The predicted molar refractivity (Wildman–Crippen MR) is 108 cm³/mol. The number of halogens is 2. The van der Waals surface area contributed by atoms with Gasteiger partial charge in [0.05, 0.1) is 16.3 Å². The summed E-state index contributed by atoms with van der Waals surface area (Å²) in [6.07, 6.45) is 0. The number of carbonyl (C=O) groups excluding carboxylic acids is 1. The minimum atomic E-state index is -1.07. The number of carbonyl (C=O) groups is 2. The van der Waals surface area contributed by atoms with Crippen molar-refractivity contribution in [2.75, 3.05) is 16.9 Å². The van der Waals surface area contributed by atoms with Crippen molar-refractivity contribution < 1.29 is 14.7 Å². The number of hydrogen-bond acceptors (Lipinski definition) is 6. The summed E-state index contributed by atoms with van der Waals surface area (Å²) in [7, 11) is 0. The van der Waals surface area contributed by atoms with E-state index in [1.165, 1.54) is 16.8 Å². The summed E-state index contributed by atoms with van der Waals surface area (Å²) >= 11 is 13.1. The molecule has 0 saturated heterocycles. The second-order valence-electron chi connectivity index (χ2n) is 5.52. The van der Waals surface area contributed by atoms with Gasteiger partial charge in [0.15, 0.2) is 5.82 Å². The fourth-order valence-electron chi connectivity index (χ4n) is 2.29. The molecule has 0 aliphatic heterocycles. The van der Waals surface area contributed by atoms with Crippen molar-refractivity contribution in [1.29, 1.82) is 0 Å². The molecule has 0 aliphatic rings. The van der Waals surface area contributed by atoms with Gasteiger partial charge in [0, 0.05) is 16.3 Å². The summed E-state index contributed by atoms with van der Waals surface area (Å²) in [4.78, 5) is 23.1. The molecule has 3 rings (SSSR count). The van der Waals surface area contributed by atoms with Crippen LogP contribution in [-0.4, -0.2) is 37.6 Å². The summed E-state index contributed by atoms with van der Waals surface area (Å²) < 4.78 is 1.23. The highest BCUT2D eigenvalue weighted by atomic mass is 35.5. The van der Waals surface area contributed by atoms with Crippen LogP contribution in [0.2, 0.25) is 10.0 Å². The Morgan fingerprint density at radius 3 is 2.68 bits per heavy atom. The summed E-state index contributed by atoms with van der Waals surface area (Å²) in [6.45, 7) is 0. The molecular formula is C17H13Cl2N5O3S. The average Bonchev–Trinajstić information content (AvgIpc) is 3.01. The molecule has 11 heteroatoms. The third kappa shape index (κ3) is 4.56. The highest BCUT2D eigenvalue weighted by Crippen LogP contribution is 2.30. The van der Waals surface area contributed by atoms with Crippen molar-refractivity contribution in [3.8, 4) is 11.4 Å². The first-order valence-electron chi connectivity index (χ1n) is 7.77. The summed E-state index contributed by atoms with van der Waals surface area (Å²) in [5, 5.41) is 20.8. The molecule has 1 aromatic heterocycles. The molecule has 0 bridgehead atoms. The van der Waals surface area contributed by atoms with Gasteiger partial charge >= 0.3 is 5.97 Å². The first-order valence-corrected chi connectivity index (χ1v) is 9.51. The Bertz CT molecular complexity index is 1060. The maximum Gasteiger partial charge on any atom is 0.335 e. The van der Waals surface area contributed by atoms with E-state index in [9.17, 15) is 9.59 Å². The van der Waals surface area contributed by atoms with Gasteiger partial charge in [-0.1, -0.05) is 41.0 Å². The summed E-state index contributed by atoms with van der Waals surface area (Å²) in [5.41, 5.74) is 1.02. The second kappa shape index (κ2) is 8.51. The zero-order valence-corrected chi connectivity index (χ0v) is 16.4. The first-order chi connectivity index (χ1) is 13.3. The number of benzene rings is 2.